The Kier molecular flexibility index (Phi) is 1.57. The van der Waals surface area contributed by atoms with Crippen LogP contribution in [0, 0.1) is 0 Å². The standard InChI is InChI=1S/C9H13NO/c1-6(11)8-4-2-7-3-5-9(8)10-7/h4,7,9-10H,2-3,5H2,1H3/t7-,9-/m0/s1. The third kappa shape index (κ3) is 1.11. The van der Waals surface area contributed by atoms with E-state index in [1.54, 1.807) is 6.92 Å². The second-order valence-electron chi connectivity index (χ2n) is 3.44. The lowest BCUT2D eigenvalue weighted by Gasteiger charge is -2.20. The SMILES string of the molecule is CC(=O)C1=CC[C@H]2CC[C@@H]1N2. The van der Waals surface area contributed by atoms with Gasteiger partial charge in [0.1, 0.15) is 0 Å². The van der Waals surface area contributed by atoms with Crippen molar-refractivity contribution in [2.45, 2.75) is 38.3 Å². The van der Waals surface area contributed by atoms with E-state index in [0.717, 1.165) is 18.4 Å². The maximum atomic E-state index is 11.1. The molecule has 11 heavy (non-hydrogen) atoms. The first-order valence-electron chi connectivity index (χ1n) is 4.24. The molecular formula is C9H13NO. The summed E-state index contributed by atoms with van der Waals surface area (Å²) in [6.45, 7) is 1.66. The van der Waals surface area contributed by atoms with E-state index in [9.17, 15) is 4.79 Å². The van der Waals surface area contributed by atoms with Gasteiger partial charge >= 0.3 is 0 Å². The minimum atomic E-state index is 0.239. The number of hydrogen-bond acceptors (Lipinski definition) is 2. The summed E-state index contributed by atoms with van der Waals surface area (Å²) in [7, 11) is 0. The van der Waals surface area contributed by atoms with E-state index in [4.69, 9.17) is 0 Å². The molecule has 2 aliphatic heterocycles. The van der Waals surface area contributed by atoms with Crippen LogP contribution in [0.5, 0.6) is 0 Å². The molecule has 0 aromatic rings. The second kappa shape index (κ2) is 2.45. The van der Waals surface area contributed by atoms with Gasteiger partial charge < -0.3 is 5.32 Å². The highest BCUT2D eigenvalue weighted by Gasteiger charge is 2.31. The van der Waals surface area contributed by atoms with Crippen LogP contribution in [-0.2, 0) is 4.79 Å². The summed E-state index contributed by atoms with van der Waals surface area (Å²) in [6, 6.07) is 1.04. The van der Waals surface area contributed by atoms with Crippen LogP contribution in [0.2, 0.25) is 0 Å². The van der Waals surface area contributed by atoms with Crippen LogP contribution in [0.4, 0.5) is 0 Å². The first kappa shape index (κ1) is 7.04. The molecule has 2 aliphatic rings. The average Bonchev–Trinajstić information content (AvgIpc) is 2.32. The van der Waals surface area contributed by atoms with Crippen molar-refractivity contribution in [3.05, 3.63) is 11.6 Å². The van der Waals surface area contributed by atoms with Crippen LogP contribution in [0.25, 0.3) is 0 Å². The number of fused-ring (bicyclic) bond motifs is 2. The van der Waals surface area contributed by atoms with Gasteiger partial charge in [-0.1, -0.05) is 6.08 Å². The molecule has 0 saturated carbocycles. The van der Waals surface area contributed by atoms with Crippen molar-refractivity contribution in [2.24, 2.45) is 0 Å². The summed E-state index contributed by atoms with van der Waals surface area (Å²) < 4.78 is 0. The third-order valence-corrected chi connectivity index (χ3v) is 2.64. The lowest BCUT2D eigenvalue weighted by molar-refractivity contribution is -0.114. The Morgan fingerprint density at radius 1 is 1.64 bits per heavy atom. The maximum Gasteiger partial charge on any atom is 0.157 e. The fourth-order valence-electron chi connectivity index (χ4n) is 2.05. The highest BCUT2D eigenvalue weighted by molar-refractivity contribution is 5.94. The van der Waals surface area contributed by atoms with Crippen LogP contribution in [0.3, 0.4) is 0 Å². The monoisotopic (exact) mass is 151 g/mol. The lowest BCUT2D eigenvalue weighted by Crippen LogP contribution is -2.35. The first-order chi connectivity index (χ1) is 5.27. The highest BCUT2D eigenvalue weighted by atomic mass is 16.1. The van der Waals surface area contributed by atoms with Gasteiger partial charge in [-0.2, -0.15) is 0 Å². The van der Waals surface area contributed by atoms with Crippen molar-refractivity contribution in [3.8, 4) is 0 Å². The number of carbonyl (C=O) groups is 1. The summed E-state index contributed by atoms with van der Waals surface area (Å²) in [6.07, 6.45) is 5.54. The molecule has 2 heteroatoms. The number of carbonyl (C=O) groups excluding carboxylic acids is 1. The van der Waals surface area contributed by atoms with E-state index in [2.05, 4.69) is 11.4 Å². The number of rotatable bonds is 1. The Hall–Kier alpha value is -0.630. The molecule has 0 aromatic heterocycles. The zero-order valence-electron chi connectivity index (χ0n) is 6.76. The molecule has 60 valence electrons. The molecule has 2 bridgehead atoms. The summed E-state index contributed by atoms with van der Waals surface area (Å²) in [5.74, 6) is 0.239. The molecule has 2 rings (SSSR count). The van der Waals surface area contributed by atoms with Crippen LogP contribution in [0.1, 0.15) is 26.2 Å². The van der Waals surface area contributed by atoms with Gasteiger partial charge in [0.2, 0.25) is 0 Å². The zero-order valence-corrected chi connectivity index (χ0v) is 6.76. The summed E-state index contributed by atoms with van der Waals surface area (Å²) in [5, 5.41) is 3.43. The Morgan fingerprint density at radius 2 is 2.45 bits per heavy atom. The minimum Gasteiger partial charge on any atom is -0.307 e. The number of Topliss-reactive ketones (excluding diaryl/α,β-unsaturated/α-hetero) is 1. The predicted molar refractivity (Wildman–Crippen MR) is 43.3 cm³/mol. The number of ketones is 1. The van der Waals surface area contributed by atoms with Crippen molar-refractivity contribution in [1.82, 2.24) is 5.32 Å². The third-order valence-electron chi connectivity index (χ3n) is 2.64. The van der Waals surface area contributed by atoms with Gasteiger partial charge in [-0.3, -0.25) is 4.79 Å². The van der Waals surface area contributed by atoms with Crippen LogP contribution in [0.15, 0.2) is 11.6 Å². The number of nitrogens with one attached hydrogen (secondary N) is 1. The summed E-state index contributed by atoms with van der Waals surface area (Å²) >= 11 is 0. The Labute approximate surface area is 66.7 Å². The molecule has 0 aliphatic carbocycles. The van der Waals surface area contributed by atoms with Crippen molar-refractivity contribution in [1.29, 1.82) is 0 Å². The molecule has 0 spiro atoms. The van der Waals surface area contributed by atoms with Crippen LogP contribution >= 0.6 is 0 Å². The number of hydrogen-bond donors (Lipinski definition) is 1. The molecular weight excluding hydrogens is 138 g/mol. The second-order valence-corrected chi connectivity index (χ2v) is 3.44. The molecule has 0 unspecified atom stereocenters. The van der Waals surface area contributed by atoms with Gasteiger partial charge in [0.05, 0.1) is 0 Å². The molecule has 0 radical (unpaired) electrons. The quantitative estimate of drug-likeness (QED) is 0.606. The van der Waals surface area contributed by atoms with E-state index < -0.39 is 0 Å². The highest BCUT2D eigenvalue weighted by Crippen LogP contribution is 2.26. The summed E-state index contributed by atoms with van der Waals surface area (Å²) in [4.78, 5) is 11.1. The van der Waals surface area contributed by atoms with E-state index >= 15 is 0 Å². The van der Waals surface area contributed by atoms with Gasteiger partial charge in [-0.15, -0.1) is 0 Å². The van der Waals surface area contributed by atoms with Crippen LogP contribution in [-0.4, -0.2) is 17.9 Å². The Morgan fingerprint density at radius 3 is 3.18 bits per heavy atom. The fraction of sp³-hybridized carbons (Fsp3) is 0.667. The van der Waals surface area contributed by atoms with Gasteiger partial charge in [0, 0.05) is 17.7 Å². The minimum absolute atomic E-state index is 0.239. The molecule has 0 aromatic carbocycles. The van der Waals surface area contributed by atoms with Crippen molar-refractivity contribution < 1.29 is 4.79 Å². The fourth-order valence-corrected chi connectivity index (χ4v) is 2.05. The predicted octanol–water partition coefficient (Wildman–Crippen LogP) is 1.03. The smallest absolute Gasteiger partial charge is 0.157 e. The molecule has 2 nitrogen and oxygen atoms in total. The lowest BCUT2D eigenvalue weighted by atomic mass is 10.0. The van der Waals surface area contributed by atoms with E-state index in [0.29, 0.717) is 12.1 Å². The van der Waals surface area contributed by atoms with Gasteiger partial charge in [-0.05, 0) is 26.2 Å². The van der Waals surface area contributed by atoms with Crippen molar-refractivity contribution >= 4 is 5.78 Å². The zero-order chi connectivity index (χ0) is 7.84. The molecule has 0 amide bonds. The normalized spacial score (nSPS) is 35.2. The molecule has 1 fully saturated rings. The topological polar surface area (TPSA) is 29.1 Å². The average molecular weight is 151 g/mol. The molecule has 1 N–H and O–H groups in total. The molecule has 1 saturated heterocycles. The molecule has 2 heterocycles. The Balaban J connectivity index is 2.21. The van der Waals surface area contributed by atoms with E-state index in [-0.39, 0.29) is 5.78 Å². The van der Waals surface area contributed by atoms with Gasteiger partial charge in [0.25, 0.3) is 0 Å². The van der Waals surface area contributed by atoms with Gasteiger partial charge in [-0.25, -0.2) is 0 Å². The Bertz CT molecular complexity index is 220. The molecule has 2 atom stereocenters. The van der Waals surface area contributed by atoms with Crippen LogP contribution < -0.4 is 5.32 Å². The van der Waals surface area contributed by atoms with E-state index in [1.807, 2.05) is 0 Å². The van der Waals surface area contributed by atoms with Gasteiger partial charge in [0.15, 0.2) is 5.78 Å². The van der Waals surface area contributed by atoms with Crippen molar-refractivity contribution in [2.75, 3.05) is 0 Å². The maximum absolute atomic E-state index is 11.1. The largest absolute Gasteiger partial charge is 0.307 e. The summed E-state index contributed by atoms with van der Waals surface area (Å²) in [5.41, 5.74) is 1.01. The van der Waals surface area contributed by atoms with E-state index in [1.165, 1.54) is 6.42 Å². The first-order valence-corrected chi connectivity index (χ1v) is 4.24. The van der Waals surface area contributed by atoms with Crippen molar-refractivity contribution in [3.63, 3.8) is 0 Å².